The molecule has 9 nitrogen and oxygen atoms in total. The van der Waals surface area contributed by atoms with Gasteiger partial charge in [0.25, 0.3) is 0 Å². The first kappa shape index (κ1) is 16.9. The highest BCUT2D eigenvalue weighted by atomic mass is 16.6. The average Bonchev–Trinajstić information content (AvgIpc) is 2.63. The Hall–Kier alpha value is -2.94. The summed E-state index contributed by atoms with van der Waals surface area (Å²) in [5.74, 6) is 0.645. The van der Waals surface area contributed by atoms with Crippen LogP contribution in [0.2, 0.25) is 0 Å². The zero-order valence-electron chi connectivity index (χ0n) is 13.8. The second-order valence-corrected chi connectivity index (χ2v) is 5.71. The van der Waals surface area contributed by atoms with Crippen molar-refractivity contribution in [3.05, 3.63) is 46.3 Å². The highest BCUT2D eigenvalue weighted by Gasteiger charge is 2.29. The molecule has 25 heavy (non-hydrogen) atoms. The Kier molecular flexibility index (Phi) is 4.94. The Labute approximate surface area is 144 Å². The van der Waals surface area contributed by atoms with E-state index >= 15 is 0 Å². The van der Waals surface area contributed by atoms with Crippen LogP contribution >= 0.6 is 0 Å². The Balaban J connectivity index is 1.94. The molecule has 1 aromatic carbocycles. The van der Waals surface area contributed by atoms with Gasteiger partial charge in [0.05, 0.1) is 18.1 Å². The molecule has 1 fully saturated rings. The van der Waals surface area contributed by atoms with Crippen LogP contribution in [0.15, 0.2) is 30.6 Å². The predicted molar refractivity (Wildman–Crippen MR) is 91.9 cm³/mol. The average molecular weight is 345 g/mol. The first-order chi connectivity index (χ1) is 12.1. The Morgan fingerprint density at radius 1 is 1.32 bits per heavy atom. The Bertz CT molecular complexity index is 764. The van der Waals surface area contributed by atoms with E-state index < -0.39 is 4.92 Å². The van der Waals surface area contributed by atoms with E-state index in [2.05, 4.69) is 9.97 Å². The van der Waals surface area contributed by atoms with Gasteiger partial charge in [0.2, 0.25) is 11.6 Å². The van der Waals surface area contributed by atoms with Gasteiger partial charge < -0.3 is 19.6 Å². The van der Waals surface area contributed by atoms with E-state index in [9.17, 15) is 15.2 Å². The highest BCUT2D eigenvalue weighted by Crippen LogP contribution is 2.35. The number of aromatic nitrogens is 2. The summed E-state index contributed by atoms with van der Waals surface area (Å²) in [5.41, 5.74) is 0.521. The fraction of sp³-hybridized carbons (Fsp3) is 0.375. The van der Waals surface area contributed by atoms with Crippen molar-refractivity contribution in [2.75, 3.05) is 43.2 Å². The summed E-state index contributed by atoms with van der Waals surface area (Å²) in [7, 11) is 1.70. The fourth-order valence-corrected chi connectivity index (χ4v) is 2.78. The molecule has 1 aromatic heterocycles. The topological polar surface area (TPSA) is 105 Å². The number of aromatic hydroxyl groups is 1. The molecule has 0 amide bonds. The van der Waals surface area contributed by atoms with E-state index in [-0.39, 0.29) is 23.8 Å². The number of hydrogen-bond acceptors (Lipinski definition) is 8. The first-order valence-electron chi connectivity index (χ1n) is 7.88. The number of nitrogens with zero attached hydrogens (tertiary/aromatic N) is 5. The van der Waals surface area contributed by atoms with E-state index in [1.807, 2.05) is 4.90 Å². The predicted octanol–water partition coefficient (Wildman–Crippen LogP) is 1.56. The lowest BCUT2D eigenvalue weighted by molar-refractivity contribution is -0.383. The molecule has 0 bridgehead atoms. The van der Waals surface area contributed by atoms with Crippen LogP contribution in [0.1, 0.15) is 5.56 Å². The Morgan fingerprint density at radius 2 is 2.04 bits per heavy atom. The number of para-hydroxylation sites is 1. The third kappa shape index (κ3) is 3.61. The SMILES string of the molecule is CN(Cc1ccccc1O)c1ncnc(N2CCOCC2)c1[N+](=O)[O-]. The number of benzene rings is 1. The summed E-state index contributed by atoms with van der Waals surface area (Å²) < 4.78 is 5.30. The molecule has 0 spiro atoms. The molecule has 0 unspecified atom stereocenters. The minimum absolute atomic E-state index is 0.137. The summed E-state index contributed by atoms with van der Waals surface area (Å²) >= 11 is 0. The smallest absolute Gasteiger partial charge is 0.353 e. The summed E-state index contributed by atoms with van der Waals surface area (Å²) in [6.07, 6.45) is 1.33. The molecule has 9 heteroatoms. The van der Waals surface area contributed by atoms with Crippen LogP contribution < -0.4 is 9.80 Å². The van der Waals surface area contributed by atoms with Crippen molar-refractivity contribution in [1.82, 2.24) is 9.97 Å². The number of morpholine rings is 1. The van der Waals surface area contributed by atoms with Crippen molar-refractivity contribution in [3.63, 3.8) is 0 Å². The summed E-state index contributed by atoms with van der Waals surface area (Å²) in [4.78, 5) is 23.0. The third-order valence-corrected chi connectivity index (χ3v) is 4.04. The molecule has 2 heterocycles. The van der Waals surface area contributed by atoms with Crippen molar-refractivity contribution in [2.45, 2.75) is 6.54 Å². The van der Waals surface area contributed by atoms with E-state index in [1.165, 1.54) is 6.33 Å². The van der Waals surface area contributed by atoms with Crippen LogP contribution in [0.25, 0.3) is 0 Å². The number of phenols is 1. The van der Waals surface area contributed by atoms with Crippen LogP contribution in [-0.4, -0.2) is 53.3 Å². The molecule has 1 N–H and O–H groups in total. The quantitative estimate of drug-likeness (QED) is 0.643. The molecule has 132 valence electrons. The maximum absolute atomic E-state index is 11.7. The van der Waals surface area contributed by atoms with Gasteiger partial charge in [0.1, 0.15) is 12.1 Å². The summed E-state index contributed by atoms with van der Waals surface area (Å²) in [6, 6.07) is 6.87. The van der Waals surface area contributed by atoms with Gasteiger partial charge in [-0.1, -0.05) is 18.2 Å². The molecule has 2 aromatic rings. The molecule has 3 rings (SSSR count). The van der Waals surface area contributed by atoms with Crippen molar-refractivity contribution in [1.29, 1.82) is 0 Å². The first-order valence-corrected chi connectivity index (χ1v) is 7.88. The van der Waals surface area contributed by atoms with Gasteiger partial charge >= 0.3 is 5.69 Å². The minimum Gasteiger partial charge on any atom is -0.508 e. The number of rotatable bonds is 5. The Morgan fingerprint density at radius 3 is 2.72 bits per heavy atom. The van der Waals surface area contributed by atoms with Crippen LogP contribution in [0, 0.1) is 10.1 Å². The van der Waals surface area contributed by atoms with Gasteiger partial charge in [-0.15, -0.1) is 0 Å². The lowest BCUT2D eigenvalue weighted by atomic mass is 10.2. The van der Waals surface area contributed by atoms with Gasteiger partial charge in [0.15, 0.2) is 0 Å². The van der Waals surface area contributed by atoms with Crippen molar-refractivity contribution in [2.24, 2.45) is 0 Å². The zero-order chi connectivity index (χ0) is 17.8. The number of ether oxygens (including phenoxy) is 1. The molecule has 0 saturated carbocycles. The van der Waals surface area contributed by atoms with Crippen molar-refractivity contribution < 1.29 is 14.8 Å². The maximum atomic E-state index is 11.7. The lowest BCUT2D eigenvalue weighted by Crippen LogP contribution is -2.37. The number of nitro groups is 1. The van der Waals surface area contributed by atoms with E-state index in [4.69, 9.17) is 4.74 Å². The maximum Gasteiger partial charge on any atom is 0.353 e. The molecule has 0 aliphatic carbocycles. The van der Waals surface area contributed by atoms with Gasteiger partial charge in [-0.25, -0.2) is 9.97 Å². The van der Waals surface area contributed by atoms with Crippen LogP contribution in [0.3, 0.4) is 0 Å². The standard InChI is InChI=1S/C16H19N5O4/c1-19(10-12-4-2-3-5-13(12)22)15-14(21(23)24)16(18-11-17-15)20-6-8-25-9-7-20/h2-5,11,22H,6-10H2,1H3. The largest absolute Gasteiger partial charge is 0.508 e. The van der Waals surface area contributed by atoms with Gasteiger partial charge in [-0.05, 0) is 6.07 Å². The van der Waals surface area contributed by atoms with Crippen molar-refractivity contribution in [3.8, 4) is 5.75 Å². The minimum atomic E-state index is -0.457. The number of anilines is 2. The van der Waals surface area contributed by atoms with Crippen LogP contribution in [0.5, 0.6) is 5.75 Å². The number of hydrogen-bond donors (Lipinski definition) is 1. The number of phenolic OH excluding ortho intramolecular Hbond substituents is 1. The molecular formula is C16H19N5O4. The lowest BCUT2D eigenvalue weighted by Gasteiger charge is -2.28. The van der Waals surface area contributed by atoms with Crippen LogP contribution in [-0.2, 0) is 11.3 Å². The summed E-state index contributed by atoms with van der Waals surface area (Å²) in [6.45, 7) is 2.38. The van der Waals surface area contributed by atoms with Gasteiger partial charge in [0, 0.05) is 32.2 Å². The zero-order valence-corrected chi connectivity index (χ0v) is 13.8. The monoisotopic (exact) mass is 345 g/mol. The molecule has 1 saturated heterocycles. The van der Waals surface area contributed by atoms with E-state index in [1.54, 1.807) is 36.2 Å². The second kappa shape index (κ2) is 7.31. The molecule has 0 atom stereocenters. The van der Waals surface area contributed by atoms with E-state index in [0.717, 1.165) is 0 Å². The van der Waals surface area contributed by atoms with Gasteiger partial charge in [-0.3, -0.25) is 10.1 Å². The highest BCUT2D eigenvalue weighted by molar-refractivity contribution is 5.71. The van der Waals surface area contributed by atoms with Crippen LogP contribution in [0.4, 0.5) is 17.3 Å². The summed E-state index contributed by atoms with van der Waals surface area (Å²) in [5, 5.41) is 21.6. The van der Waals surface area contributed by atoms with Crippen molar-refractivity contribution >= 4 is 17.3 Å². The normalized spacial score (nSPS) is 14.4. The van der Waals surface area contributed by atoms with E-state index in [0.29, 0.717) is 37.7 Å². The third-order valence-electron chi connectivity index (χ3n) is 4.04. The van der Waals surface area contributed by atoms with Gasteiger partial charge in [-0.2, -0.15) is 0 Å². The molecule has 1 aliphatic rings. The molecule has 0 radical (unpaired) electrons. The molecule has 1 aliphatic heterocycles. The second-order valence-electron chi connectivity index (χ2n) is 5.71. The fourth-order valence-electron chi connectivity index (χ4n) is 2.78. The molecular weight excluding hydrogens is 326 g/mol.